The Labute approximate surface area is 116 Å². The molecule has 1 saturated heterocycles. The second kappa shape index (κ2) is 5.07. The number of hydrogen-bond donors (Lipinski definition) is 1. The maximum Gasteiger partial charge on any atom is 0.186 e. The van der Waals surface area contributed by atoms with Crippen molar-refractivity contribution in [2.75, 3.05) is 31.7 Å². The van der Waals surface area contributed by atoms with E-state index in [0.717, 1.165) is 10.6 Å². The van der Waals surface area contributed by atoms with Crippen LogP contribution in [0.2, 0.25) is 0 Å². The summed E-state index contributed by atoms with van der Waals surface area (Å²) in [7, 11) is 1.99. The number of benzene rings is 1. The zero-order valence-electron chi connectivity index (χ0n) is 11.0. The summed E-state index contributed by atoms with van der Waals surface area (Å²) in [5.74, 6) is 0. The summed E-state index contributed by atoms with van der Waals surface area (Å²) in [6, 6.07) is 8.12. The number of thiazole rings is 1. The Morgan fingerprint density at radius 2 is 2.11 bits per heavy atom. The predicted molar refractivity (Wildman–Crippen MR) is 77.9 cm³/mol. The van der Waals surface area contributed by atoms with Gasteiger partial charge < -0.3 is 14.7 Å². The zero-order valence-corrected chi connectivity index (χ0v) is 11.8. The number of hydrogen-bond acceptors (Lipinski definition) is 5. The quantitative estimate of drug-likeness (QED) is 0.935. The van der Waals surface area contributed by atoms with E-state index in [9.17, 15) is 5.11 Å². The number of likely N-dealkylation sites (N-methyl/N-ethyl adjacent to an activating group) is 1. The van der Waals surface area contributed by atoms with Crippen LogP contribution in [-0.4, -0.2) is 42.5 Å². The van der Waals surface area contributed by atoms with Crippen LogP contribution in [0.25, 0.3) is 10.2 Å². The van der Waals surface area contributed by atoms with E-state index in [4.69, 9.17) is 4.74 Å². The van der Waals surface area contributed by atoms with Crippen molar-refractivity contribution < 1.29 is 9.84 Å². The van der Waals surface area contributed by atoms with Crippen molar-refractivity contribution >= 4 is 26.7 Å². The van der Waals surface area contributed by atoms with Gasteiger partial charge in [-0.25, -0.2) is 4.98 Å². The van der Waals surface area contributed by atoms with E-state index in [-0.39, 0.29) is 0 Å². The second-order valence-electron chi connectivity index (χ2n) is 5.16. The first-order valence-corrected chi connectivity index (χ1v) is 7.35. The fourth-order valence-electron chi connectivity index (χ4n) is 2.44. The molecule has 1 fully saturated rings. The first-order chi connectivity index (χ1) is 9.16. The lowest BCUT2D eigenvalue weighted by atomic mass is 9.94. The number of ether oxygens (including phenoxy) is 1. The molecule has 3 rings (SSSR count). The molecule has 1 aliphatic heterocycles. The van der Waals surface area contributed by atoms with Gasteiger partial charge in [0.2, 0.25) is 0 Å². The summed E-state index contributed by atoms with van der Waals surface area (Å²) < 4.78 is 6.49. The number of para-hydroxylation sites is 1. The molecule has 19 heavy (non-hydrogen) atoms. The summed E-state index contributed by atoms with van der Waals surface area (Å²) in [6.07, 6.45) is 1.39. The molecule has 0 radical (unpaired) electrons. The van der Waals surface area contributed by atoms with E-state index >= 15 is 0 Å². The lowest BCUT2D eigenvalue weighted by Crippen LogP contribution is -2.45. The highest BCUT2D eigenvalue weighted by Crippen LogP contribution is 2.30. The van der Waals surface area contributed by atoms with E-state index in [1.165, 1.54) is 4.70 Å². The number of rotatable bonds is 3. The van der Waals surface area contributed by atoms with Gasteiger partial charge in [-0.2, -0.15) is 0 Å². The fraction of sp³-hybridized carbons (Fsp3) is 0.500. The van der Waals surface area contributed by atoms with E-state index in [1.54, 1.807) is 11.3 Å². The molecular formula is C14H18N2O2S. The topological polar surface area (TPSA) is 45.6 Å². The molecule has 0 aliphatic carbocycles. The molecule has 1 aliphatic rings. The molecule has 2 aromatic rings. The Kier molecular flexibility index (Phi) is 3.43. The molecule has 2 heterocycles. The predicted octanol–water partition coefficient (Wildman–Crippen LogP) is 2.27. The Bertz CT molecular complexity index is 530. The highest BCUT2D eigenvalue weighted by atomic mass is 32.1. The number of anilines is 1. The van der Waals surface area contributed by atoms with Crippen molar-refractivity contribution in [2.24, 2.45) is 0 Å². The molecule has 0 atom stereocenters. The Balaban J connectivity index is 1.77. The number of fused-ring (bicyclic) bond motifs is 1. The highest BCUT2D eigenvalue weighted by Gasteiger charge is 2.31. The van der Waals surface area contributed by atoms with Gasteiger partial charge >= 0.3 is 0 Å². The summed E-state index contributed by atoms with van der Waals surface area (Å²) >= 11 is 1.67. The van der Waals surface area contributed by atoms with Crippen LogP contribution in [0.4, 0.5) is 5.13 Å². The summed E-state index contributed by atoms with van der Waals surface area (Å²) in [4.78, 5) is 6.66. The van der Waals surface area contributed by atoms with Gasteiger partial charge in [0.15, 0.2) is 5.13 Å². The first-order valence-electron chi connectivity index (χ1n) is 6.53. The van der Waals surface area contributed by atoms with Gasteiger partial charge in [0.05, 0.1) is 15.8 Å². The van der Waals surface area contributed by atoms with Crippen LogP contribution in [0.1, 0.15) is 12.8 Å². The van der Waals surface area contributed by atoms with E-state index < -0.39 is 5.60 Å². The minimum absolute atomic E-state index is 0.607. The van der Waals surface area contributed by atoms with Crippen LogP contribution in [0.15, 0.2) is 24.3 Å². The van der Waals surface area contributed by atoms with Gasteiger partial charge in [0.25, 0.3) is 0 Å². The third kappa shape index (κ3) is 2.73. The minimum Gasteiger partial charge on any atom is -0.388 e. The van der Waals surface area contributed by atoms with Gasteiger partial charge in [-0.1, -0.05) is 23.5 Å². The molecule has 102 valence electrons. The standard InChI is InChI=1S/C14H18N2O2S/c1-16(10-14(17)6-8-18-9-7-14)13-15-11-4-2-3-5-12(11)19-13/h2-5,17H,6-10H2,1H3. The van der Waals surface area contributed by atoms with Crippen molar-refractivity contribution in [3.05, 3.63) is 24.3 Å². The molecule has 1 aromatic heterocycles. The fourth-order valence-corrected chi connectivity index (χ4v) is 3.37. The molecular weight excluding hydrogens is 260 g/mol. The average Bonchev–Trinajstić information content (AvgIpc) is 2.83. The largest absolute Gasteiger partial charge is 0.388 e. The van der Waals surface area contributed by atoms with E-state index in [0.29, 0.717) is 32.6 Å². The summed E-state index contributed by atoms with van der Waals surface area (Å²) in [6.45, 7) is 1.89. The van der Waals surface area contributed by atoms with Crippen molar-refractivity contribution in [1.29, 1.82) is 0 Å². The average molecular weight is 278 g/mol. The van der Waals surface area contributed by atoms with Gasteiger partial charge in [-0.15, -0.1) is 0 Å². The van der Waals surface area contributed by atoms with Crippen LogP contribution in [0.5, 0.6) is 0 Å². The number of nitrogens with zero attached hydrogens (tertiary/aromatic N) is 2. The monoisotopic (exact) mass is 278 g/mol. The summed E-state index contributed by atoms with van der Waals surface area (Å²) in [5, 5.41) is 11.5. The van der Waals surface area contributed by atoms with Crippen molar-refractivity contribution in [1.82, 2.24) is 4.98 Å². The van der Waals surface area contributed by atoms with Gasteiger partial charge in [0, 0.05) is 39.6 Å². The van der Waals surface area contributed by atoms with Crippen LogP contribution < -0.4 is 4.90 Å². The first kappa shape index (κ1) is 12.8. The molecule has 1 aromatic carbocycles. The normalized spacial score (nSPS) is 18.6. The summed E-state index contributed by atoms with van der Waals surface area (Å²) in [5.41, 5.74) is 0.374. The van der Waals surface area contributed by atoms with Gasteiger partial charge in [-0.3, -0.25) is 0 Å². The van der Waals surface area contributed by atoms with E-state index in [1.807, 2.05) is 25.2 Å². The molecule has 0 bridgehead atoms. The van der Waals surface area contributed by atoms with Crippen LogP contribution >= 0.6 is 11.3 Å². The van der Waals surface area contributed by atoms with Crippen molar-refractivity contribution in [3.8, 4) is 0 Å². The lowest BCUT2D eigenvalue weighted by Gasteiger charge is -2.35. The molecule has 0 unspecified atom stereocenters. The lowest BCUT2D eigenvalue weighted by molar-refractivity contribution is -0.0572. The van der Waals surface area contributed by atoms with Gasteiger partial charge in [0.1, 0.15) is 0 Å². The van der Waals surface area contributed by atoms with Crippen LogP contribution in [-0.2, 0) is 4.74 Å². The molecule has 0 saturated carbocycles. The molecule has 1 N–H and O–H groups in total. The third-order valence-electron chi connectivity index (χ3n) is 3.56. The maximum absolute atomic E-state index is 10.5. The third-order valence-corrected chi connectivity index (χ3v) is 4.71. The molecule has 5 heteroatoms. The molecule has 0 spiro atoms. The smallest absolute Gasteiger partial charge is 0.186 e. The number of aliphatic hydroxyl groups is 1. The van der Waals surface area contributed by atoms with Crippen molar-refractivity contribution in [2.45, 2.75) is 18.4 Å². The Morgan fingerprint density at radius 1 is 1.37 bits per heavy atom. The molecule has 0 amide bonds. The Morgan fingerprint density at radius 3 is 2.84 bits per heavy atom. The van der Waals surface area contributed by atoms with Gasteiger partial charge in [-0.05, 0) is 12.1 Å². The Hall–Kier alpha value is -1.17. The highest BCUT2D eigenvalue weighted by molar-refractivity contribution is 7.22. The maximum atomic E-state index is 10.5. The SMILES string of the molecule is CN(CC1(O)CCOCC1)c1nc2ccccc2s1. The minimum atomic E-state index is -0.648. The van der Waals surface area contributed by atoms with Crippen LogP contribution in [0, 0.1) is 0 Å². The van der Waals surface area contributed by atoms with E-state index in [2.05, 4.69) is 16.0 Å². The second-order valence-corrected chi connectivity index (χ2v) is 6.17. The molecule has 4 nitrogen and oxygen atoms in total. The zero-order chi connectivity index (χ0) is 13.3. The van der Waals surface area contributed by atoms with Crippen LogP contribution in [0.3, 0.4) is 0 Å². The van der Waals surface area contributed by atoms with Crippen molar-refractivity contribution in [3.63, 3.8) is 0 Å². The number of aromatic nitrogens is 1.